The third-order valence-electron chi connectivity index (χ3n) is 6.90. The van der Waals surface area contributed by atoms with Crippen molar-refractivity contribution >= 4 is 11.8 Å². The van der Waals surface area contributed by atoms with Gasteiger partial charge in [-0.3, -0.25) is 14.5 Å². The number of methoxy groups -OCH3 is 1. The second-order valence-electron chi connectivity index (χ2n) is 7.64. The highest BCUT2D eigenvalue weighted by molar-refractivity contribution is 6.08. The maximum atomic E-state index is 13.2. The van der Waals surface area contributed by atoms with Gasteiger partial charge in [0.25, 0.3) is 0 Å². The summed E-state index contributed by atoms with van der Waals surface area (Å²) in [5.74, 6) is -0.987. The van der Waals surface area contributed by atoms with Gasteiger partial charge < -0.3 is 4.74 Å². The highest BCUT2D eigenvalue weighted by atomic mass is 16.5. The average Bonchev–Trinajstić information content (AvgIpc) is 2.92. The first-order valence-corrected chi connectivity index (χ1v) is 9.08. The summed E-state index contributed by atoms with van der Waals surface area (Å²) in [7, 11) is 3.30. The van der Waals surface area contributed by atoms with Crippen LogP contribution in [-0.4, -0.2) is 37.0 Å². The van der Waals surface area contributed by atoms with Gasteiger partial charge in [-0.1, -0.05) is 48.5 Å². The van der Waals surface area contributed by atoms with Crippen molar-refractivity contribution in [2.75, 3.05) is 14.2 Å². The largest absolute Gasteiger partial charge is 0.380 e. The Kier molecular flexibility index (Phi) is 3.06. The molecule has 6 rings (SSSR count). The van der Waals surface area contributed by atoms with Gasteiger partial charge in [0.2, 0.25) is 11.8 Å². The molecular formula is C22H21NO3. The van der Waals surface area contributed by atoms with E-state index in [1.54, 1.807) is 14.2 Å². The second-order valence-corrected chi connectivity index (χ2v) is 7.64. The molecule has 0 spiro atoms. The Morgan fingerprint density at radius 3 is 2.04 bits per heavy atom. The van der Waals surface area contributed by atoms with Crippen molar-refractivity contribution in [3.63, 3.8) is 0 Å². The first kappa shape index (κ1) is 15.8. The first-order valence-electron chi connectivity index (χ1n) is 9.08. The smallest absolute Gasteiger partial charge is 0.234 e. The van der Waals surface area contributed by atoms with Gasteiger partial charge in [-0.2, -0.15) is 0 Å². The van der Waals surface area contributed by atoms with Crippen LogP contribution in [0.1, 0.15) is 35.1 Å². The van der Waals surface area contributed by atoms with E-state index < -0.39 is 11.3 Å². The zero-order valence-electron chi connectivity index (χ0n) is 15.1. The van der Waals surface area contributed by atoms with Crippen LogP contribution in [0.15, 0.2) is 48.5 Å². The quantitative estimate of drug-likeness (QED) is 0.785. The molecular weight excluding hydrogens is 326 g/mol. The van der Waals surface area contributed by atoms with Crippen molar-refractivity contribution in [3.05, 3.63) is 70.8 Å². The lowest BCUT2D eigenvalue weighted by Gasteiger charge is -2.56. The molecule has 0 saturated carbocycles. The number of likely N-dealkylation sites (tertiary alicyclic amines) is 1. The average molecular weight is 347 g/mol. The van der Waals surface area contributed by atoms with Crippen LogP contribution in [0.25, 0.3) is 0 Å². The monoisotopic (exact) mass is 347 g/mol. The summed E-state index contributed by atoms with van der Waals surface area (Å²) < 4.78 is 5.87. The van der Waals surface area contributed by atoms with E-state index >= 15 is 0 Å². The van der Waals surface area contributed by atoms with Gasteiger partial charge in [0.15, 0.2) is 0 Å². The van der Waals surface area contributed by atoms with Gasteiger partial charge in [0.05, 0.1) is 23.4 Å². The molecule has 2 aromatic carbocycles. The Bertz CT molecular complexity index is 902. The molecule has 4 aliphatic rings. The molecule has 1 aliphatic heterocycles. The molecule has 26 heavy (non-hydrogen) atoms. The Labute approximate surface area is 152 Å². The van der Waals surface area contributed by atoms with E-state index in [-0.39, 0.29) is 29.8 Å². The molecule has 2 bridgehead atoms. The van der Waals surface area contributed by atoms with E-state index in [0.717, 1.165) is 22.3 Å². The molecule has 2 amide bonds. The number of amides is 2. The fourth-order valence-corrected chi connectivity index (χ4v) is 5.85. The Hall–Kier alpha value is -2.46. The number of ether oxygens (including phenoxy) is 1. The fraction of sp³-hybridized carbons (Fsp3) is 0.364. The minimum atomic E-state index is -0.640. The summed E-state index contributed by atoms with van der Waals surface area (Å²) in [6.07, 6.45) is -0.234. The fourth-order valence-electron chi connectivity index (χ4n) is 5.85. The van der Waals surface area contributed by atoms with Crippen molar-refractivity contribution < 1.29 is 14.3 Å². The van der Waals surface area contributed by atoms with E-state index in [9.17, 15) is 9.59 Å². The van der Waals surface area contributed by atoms with Gasteiger partial charge in [0, 0.05) is 20.1 Å². The lowest BCUT2D eigenvalue weighted by Crippen LogP contribution is -2.59. The minimum absolute atomic E-state index is 0.0679. The molecule has 0 unspecified atom stereocenters. The number of carbonyl (C=O) groups is 2. The van der Waals surface area contributed by atoms with Crippen LogP contribution in [0.4, 0.5) is 0 Å². The molecule has 0 radical (unpaired) electrons. The molecule has 1 saturated heterocycles. The van der Waals surface area contributed by atoms with Crippen molar-refractivity contribution in [1.82, 2.24) is 4.90 Å². The van der Waals surface area contributed by atoms with Gasteiger partial charge in [0.1, 0.15) is 0 Å². The van der Waals surface area contributed by atoms with Crippen LogP contribution >= 0.6 is 0 Å². The zero-order valence-corrected chi connectivity index (χ0v) is 15.1. The third kappa shape index (κ3) is 1.51. The number of rotatable bonds is 2. The minimum Gasteiger partial charge on any atom is -0.380 e. The summed E-state index contributed by atoms with van der Waals surface area (Å²) in [6, 6.07) is 16.5. The molecule has 3 aliphatic carbocycles. The van der Waals surface area contributed by atoms with Crippen LogP contribution in [0.3, 0.4) is 0 Å². The van der Waals surface area contributed by atoms with Crippen molar-refractivity contribution in [2.24, 2.45) is 11.8 Å². The zero-order chi connectivity index (χ0) is 18.2. The highest BCUT2D eigenvalue weighted by Crippen LogP contribution is 2.65. The number of nitrogens with zero attached hydrogens (tertiary/aromatic N) is 1. The number of hydrogen-bond donors (Lipinski definition) is 0. The molecule has 4 nitrogen and oxygen atoms in total. The number of benzene rings is 2. The second kappa shape index (κ2) is 5.04. The lowest BCUT2D eigenvalue weighted by atomic mass is 9.46. The van der Waals surface area contributed by atoms with Crippen LogP contribution in [0.5, 0.6) is 0 Å². The Balaban J connectivity index is 1.95. The van der Waals surface area contributed by atoms with E-state index in [1.807, 2.05) is 31.2 Å². The summed E-state index contributed by atoms with van der Waals surface area (Å²) >= 11 is 0. The molecule has 1 fully saturated rings. The molecule has 0 aromatic heterocycles. The topological polar surface area (TPSA) is 46.6 Å². The Morgan fingerprint density at radius 1 is 0.962 bits per heavy atom. The predicted molar refractivity (Wildman–Crippen MR) is 96.7 cm³/mol. The van der Waals surface area contributed by atoms with E-state index in [1.165, 1.54) is 4.90 Å². The molecule has 0 N–H and O–H groups in total. The summed E-state index contributed by atoms with van der Waals surface area (Å²) in [4.78, 5) is 27.6. The molecule has 132 valence electrons. The van der Waals surface area contributed by atoms with Gasteiger partial charge in [-0.15, -0.1) is 0 Å². The van der Waals surface area contributed by atoms with Crippen LogP contribution in [0.2, 0.25) is 0 Å². The van der Waals surface area contributed by atoms with E-state index in [4.69, 9.17) is 4.74 Å². The van der Waals surface area contributed by atoms with Crippen LogP contribution in [0, 0.1) is 11.8 Å². The summed E-state index contributed by atoms with van der Waals surface area (Å²) in [6.45, 7) is 2.02. The standard InChI is InChI=1S/C22H21NO3/c1-12(26-3)22-15-10-6-4-8-13(15)17(14-9-5-7-11-16(14)22)18-19(22)21(25)23(2)20(18)24/h4-12,17-19H,1-3H3/t12-,17?,18-,19+,22?/m0/s1. The molecule has 3 atom stereocenters. The molecule has 2 aromatic rings. The van der Waals surface area contributed by atoms with Gasteiger partial charge in [-0.05, 0) is 29.2 Å². The summed E-state index contributed by atoms with van der Waals surface area (Å²) in [5.41, 5.74) is 3.95. The first-order chi connectivity index (χ1) is 12.5. The van der Waals surface area contributed by atoms with Crippen LogP contribution in [-0.2, 0) is 19.7 Å². The number of carbonyl (C=O) groups excluding carboxylic acids is 2. The van der Waals surface area contributed by atoms with Crippen molar-refractivity contribution in [1.29, 1.82) is 0 Å². The lowest BCUT2D eigenvalue weighted by molar-refractivity contribution is -0.139. The molecule has 4 heteroatoms. The maximum Gasteiger partial charge on any atom is 0.234 e. The maximum absolute atomic E-state index is 13.2. The van der Waals surface area contributed by atoms with Crippen molar-refractivity contribution in [3.8, 4) is 0 Å². The molecule has 1 heterocycles. The summed E-state index contributed by atoms with van der Waals surface area (Å²) in [5, 5.41) is 0. The predicted octanol–water partition coefficient (Wildman–Crippen LogP) is 2.70. The van der Waals surface area contributed by atoms with Gasteiger partial charge in [-0.25, -0.2) is 0 Å². The number of hydrogen-bond acceptors (Lipinski definition) is 3. The Morgan fingerprint density at radius 2 is 1.50 bits per heavy atom. The highest BCUT2D eigenvalue weighted by Gasteiger charge is 2.69. The van der Waals surface area contributed by atoms with Crippen molar-refractivity contribution in [2.45, 2.75) is 24.4 Å². The SMILES string of the molecule is CO[C@@H](C)C12c3ccccc3C(c3ccccc31)[C@@H]1C(=O)N(C)C(=O)[C@@H]12. The van der Waals surface area contributed by atoms with E-state index in [0.29, 0.717) is 0 Å². The third-order valence-corrected chi connectivity index (χ3v) is 6.90. The normalized spacial score (nSPS) is 32.3. The van der Waals surface area contributed by atoms with Gasteiger partial charge >= 0.3 is 0 Å². The van der Waals surface area contributed by atoms with Crippen LogP contribution < -0.4 is 0 Å². The number of imide groups is 1. The van der Waals surface area contributed by atoms with E-state index in [2.05, 4.69) is 24.3 Å².